The molecule has 0 spiro atoms. The SMILES string of the molecule is CCON1C(C)(C)CC(NC(=O)CCl)CC1(C)C. The minimum atomic E-state index is -0.109. The first-order chi connectivity index (χ1) is 8.23. The lowest BCUT2D eigenvalue weighted by atomic mass is 9.79. The lowest BCUT2D eigenvalue weighted by Crippen LogP contribution is -2.64. The van der Waals surface area contributed by atoms with Crippen LogP contribution in [-0.4, -0.2) is 40.6 Å². The van der Waals surface area contributed by atoms with Gasteiger partial charge in [0, 0.05) is 17.1 Å². The minimum Gasteiger partial charge on any atom is -0.352 e. The van der Waals surface area contributed by atoms with Gasteiger partial charge in [0.25, 0.3) is 0 Å². The number of halogens is 1. The quantitative estimate of drug-likeness (QED) is 0.801. The first-order valence-electron chi connectivity index (χ1n) is 6.51. The maximum atomic E-state index is 11.4. The Balaban J connectivity index is 2.80. The summed E-state index contributed by atoms with van der Waals surface area (Å²) in [7, 11) is 0. The summed E-state index contributed by atoms with van der Waals surface area (Å²) in [5.41, 5.74) is -0.218. The van der Waals surface area contributed by atoms with Crippen LogP contribution in [0.3, 0.4) is 0 Å². The van der Waals surface area contributed by atoms with Crippen molar-refractivity contribution in [2.45, 2.75) is 64.6 Å². The number of carbonyl (C=O) groups excluding carboxylic acids is 1. The van der Waals surface area contributed by atoms with E-state index >= 15 is 0 Å². The van der Waals surface area contributed by atoms with E-state index in [1.165, 1.54) is 0 Å². The number of carbonyl (C=O) groups is 1. The third-order valence-electron chi connectivity index (χ3n) is 3.34. The fourth-order valence-electron chi connectivity index (χ4n) is 3.11. The van der Waals surface area contributed by atoms with Crippen molar-refractivity contribution in [1.29, 1.82) is 0 Å². The van der Waals surface area contributed by atoms with Crippen LogP contribution >= 0.6 is 11.6 Å². The van der Waals surface area contributed by atoms with Crippen molar-refractivity contribution in [1.82, 2.24) is 10.4 Å². The van der Waals surface area contributed by atoms with Crippen LogP contribution < -0.4 is 5.32 Å². The molecule has 1 rings (SSSR count). The molecule has 0 saturated carbocycles. The largest absolute Gasteiger partial charge is 0.352 e. The predicted octanol–water partition coefficient (Wildman–Crippen LogP) is 2.31. The predicted molar refractivity (Wildman–Crippen MR) is 73.5 cm³/mol. The van der Waals surface area contributed by atoms with Crippen LogP contribution in [0.1, 0.15) is 47.5 Å². The number of nitrogens with zero attached hydrogens (tertiary/aromatic N) is 1. The lowest BCUT2D eigenvalue weighted by molar-refractivity contribution is -0.281. The molecule has 0 atom stereocenters. The van der Waals surface area contributed by atoms with Crippen molar-refractivity contribution in [3.05, 3.63) is 0 Å². The van der Waals surface area contributed by atoms with E-state index in [2.05, 4.69) is 38.1 Å². The summed E-state index contributed by atoms with van der Waals surface area (Å²) in [6.45, 7) is 11.2. The number of amides is 1. The van der Waals surface area contributed by atoms with E-state index in [-0.39, 0.29) is 28.9 Å². The highest BCUT2D eigenvalue weighted by atomic mass is 35.5. The molecule has 1 aliphatic heterocycles. The molecule has 0 aromatic rings. The van der Waals surface area contributed by atoms with Crippen molar-refractivity contribution in [3.8, 4) is 0 Å². The van der Waals surface area contributed by atoms with E-state index in [4.69, 9.17) is 16.4 Å². The standard InChI is InChI=1S/C13H25ClN2O2/c1-6-18-16-12(2,3)7-10(8-13(16,4)5)15-11(17)9-14/h10H,6-9H2,1-5H3,(H,15,17). The molecule has 5 heteroatoms. The van der Waals surface area contributed by atoms with Gasteiger partial charge >= 0.3 is 0 Å². The molecule has 0 aromatic heterocycles. The van der Waals surface area contributed by atoms with E-state index in [1.54, 1.807) is 0 Å². The first kappa shape index (κ1) is 15.7. The Kier molecular flexibility index (Phi) is 5.04. The average molecular weight is 277 g/mol. The molecule has 1 N–H and O–H groups in total. The van der Waals surface area contributed by atoms with Crippen molar-refractivity contribution in [3.63, 3.8) is 0 Å². The summed E-state index contributed by atoms with van der Waals surface area (Å²) >= 11 is 5.54. The second-order valence-electron chi connectivity index (χ2n) is 6.14. The molecule has 106 valence electrons. The molecule has 0 aromatic carbocycles. The van der Waals surface area contributed by atoms with Crippen LogP contribution in [0, 0.1) is 0 Å². The van der Waals surface area contributed by atoms with Gasteiger partial charge < -0.3 is 5.32 Å². The van der Waals surface area contributed by atoms with Crippen LogP contribution in [0.25, 0.3) is 0 Å². The second kappa shape index (κ2) is 5.76. The van der Waals surface area contributed by atoms with Gasteiger partial charge in [-0.2, -0.15) is 5.06 Å². The molecule has 4 nitrogen and oxygen atoms in total. The highest BCUT2D eigenvalue weighted by Gasteiger charge is 2.46. The third-order valence-corrected chi connectivity index (χ3v) is 3.58. The smallest absolute Gasteiger partial charge is 0.235 e. The zero-order valence-corrected chi connectivity index (χ0v) is 12.8. The molecule has 1 amide bonds. The Bertz CT molecular complexity index is 287. The summed E-state index contributed by atoms with van der Waals surface area (Å²) in [4.78, 5) is 17.2. The topological polar surface area (TPSA) is 41.6 Å². The maximum absolute atomic E-state index is 11.4. The van der Waals surface area contributed by atoms with Gasteiger partial charge in [-0.25, -0.2) is 0 Å². The molecular formula is C13H25ClN2O2. The number of piperidine rings is 1. The molecule has 1 heterocycles. The molecule has 0 bridgehead atoms. The summed E-state index contributed by atoms with van der Waals surface area (Å²) in [6.07, 6.45) is 1.72. The van der Waals surface area contributed by atoms with Crippen molar-refractivity contribution >= 4 is 17.5 Å². The van der Waals surface area contributed by atoms with Crippen LogP contribution in [0.5, 0.6) is 0 Å². The van der Waals surface area contributed by atoms with Gasteiger partial charge in [0.2, 0.25) is 5.91 Å². The Hall–Kier alpha value is -0.320. The zero-order chi connectivity index (χ0) is 14.0. The number of hydrogen-bond acceptors (Lipinski definition) is 3. The van der Waals surface area contributed by atoms with Gasteiger partial charge in [0.15, 0.2) is 0 Å². The van der Waals surface area contributed by atoms with Crippen molar-refractivity contribution < 1.29 is 9.63 Å². The van der Waals surface area contributed by atoms with E-state index in [0.717, 1.165) is 12.8 Å². The summed E-state index contributed by atoms with van der Waals surface area (Å²) < 4.78 is 0. The van der Waals surface area contributed by atoms with Gasteiger partial charge in [-0.3, -0.25) is 9.63 Å². The zero-order valence-electron chi connectivity index (χ0n) is 12.0. The molecule has 1 fully saturated rings. The Labute approximate surface area is 115 Å². The van der Waals surface area contributed by atoms with E-state index in [1.807, 2.05) is 6.92 Å². The molecule has 0 aliphatic carbocycles. The van der Waals surface area contributed by atoms with E-state index in [0.29, 0.717) is 6.61 Å². The molecule has 18 heavy (non-hydrogen) atoms. The van der Waals surface area contributed by atoms with Crippen molar-refractivity contribution in [2.24, 2.45) is 0 Å². The fourth-order valence-corrected chi connectivity index (χ4v) is 3.19. The summed E-state index contributed by atoms with van der Waals surface area (Å²) in [6, 6.07) is 0.151. The number of rotatable bonds is 4. The van der Waals surface area contributed by atoms with Gasteiger partial charge in [0.1, 0.15) is 5.88 Å². The number of alkyl halides is 1. The van der Waals surface area contributed by atoms with Crippen LogP contribution in [0.2, 0.25) is 0 Å². The summed E-state index contributed by atoms with van der Waals surface area (Å²) in [5, 5.41) is 5.06. The van der Waals surface area contributed by atoms with Gasteiger partial charge in [-0.05, 0) is 47.5 Å². The lowest BCUT2D eigenvalue weighted by Gasteiger charge is -2.53. The maximum Gasteiger partial charge on any atom is 0.235 e. The number of nitrogens with one attached hydrogen (secondary N) is 1. The normalized spacial score (nSPS) is 23.9. The molecule has 1 aliphatic rings. The van der Waals surface area contributed by atoms with Crippen molar-refractivity contribution in [2.75, 3.05) is 12.5 Å². The van der Waals surface area contributed by atoms with Gasteiger partial charge in [-0.1, -0.05) is 0 Å². The Morgan fingerprint density at radius 1 is 1.33 bits per heavy atom. The molecule has 0 radical (unpaired) electrons. The van der Waals surface area contributed by atoms with E-state index in [9.17, 15) is 4.79 Å². The average Bonchev–Trinajstić information content (AvgIpc) is 2.22. The van der Waals surface area contributed by atoms with Crippen LogP contribution in [0.15, 0.2) is 0 Å². The van der Waals surface area contributed by atoms with E-state index < -0.39 is 0 Å². The van der Waals surface area contributed by atoms with Crippen LogP contribution in [0.4, 0.5) is 0 Å². The fraction of sp³-hybridized carbons (Fsp3) is 0.923. The van der Waals surface area contributed by atoms with Gasteiger partial charge in [0.05, 0.1) is 6.61 Å². The van der Waals surface area contributed by atoms with Crippen LogP contribution in [-0.2, 0) is 9.63 Å². The Morgan fingerprint density at radius 3 is 2.22 bits per heavy atom. The second-order valence-corrected chi connectivity index (χ2v) is 6.41. The monoisotopic (exact) mass is 276 g/mol. The molecular weight excluding hydrogens is 252 g/mol. The molecule has 0 unspecified atom stereocenters. The Morgan fingerprint density at radius 2 is 1.83 bits per heavy atom. The third kappa shape index (κ3) is 3.59. The minimum absolute atomic E-state index is 0.0204. The number of hydroxylamine groups is 2. The first-order valence-corrected chi connectivity index (χ1v) is 7.05. The number of hydrogen-bond donors (Lipinski definition) is 1. The highest BCUT2D eigenvalue weighted by Crippen LogP contribution is 2.38. The molecule has 1 saturated heterocycles. The van der Waals surface area contributed by atoms with Gasteiger partial charge in [-0.15, -0.1) is 11.6 Å². The highest BCUT2D eigenvalue weighted by molar-refractivity contribution is 6.27. The summed E-state index contributed by atoms with van der Waals surface area (Å²) in [5.74, 6) is -0.0786.